The highest BCUT2D eigenvalue weighted by Crippen LogP contribution is 2.24. The zero-order valence-electron chi connectivity index (χ0n) is 13.7. The second-order valence-electron chi connectivity index (χ2n) is 5.42. The Kier molecular flexibility index (Phi) is 4.55. The molecule has 0 saturated heterocycles. The number of hydrogen-bond donors (Lipinski definition) is 4. The van der Waals surface area contributed by atoms with E-state index in [1.54, 1.807) is 36.5 Å². The van der Waals surface area contributed by atoms with Crippen LogP contribution in [0, 0.1) is 0 Å². The molecule has 0 unspecified atom stereocenters. The number of hydrogen-bond acceptors (Lipinski definition) is 7. The van der Waals surface area contributed by atoms with Crippen LogP contribution in [0.15, 0.2) is 41.3 Å². The van der Waals surface area contributed by atoms with Crippen LogP contribution in [0.25, 0.3) is 5.65 Å². The fourth-order valence-corrected chi connectivity index (χ4v) is 2.58. The van der Waals surface area contributed by atoms with E-state index < -0.39 is 6.61 Å². The number of ether oxygens (including phenoxy) is 1. The van der Waals surface area contributed by atoms with E-state index in [9.17, 15) is 9.90 Å². The van der Waals surface area contributed by atoms with Crippen LogP contribution in [-0.2, 0) is 13.2 Å². The average Bonchev–Trinajstić information content (AvgIpc) is 2.63. The van der Waals surface area contributed by atoms with Crippen LogP contribution in [-0.4, -0.2) is 21.6 Å². The monoisotopic (exact) mass is 341 g/mol. The lowest BCUT2D eigenvalue weighted by molar-refractivity contribution is 0.280. The van der Waals surface area contributed by atoms with E-state index in [0.717, 1.165) is 5.56 Å². The van der Waals surface area contributed by atoms with Crippen molar-refractivity contribution < 1.29 is 9.84 Å². The van der Waals surface area contributed by atoms with Gasteiger partial charge in [0.05, 0.1) is 19.3 Å². The summed E-state index contributed by atoms with van der Waals surface area (Å²) in [5.74, 6) is 0.705. The number of anilines is 3. The summed E-state index contributed by atoms with van der Waals surface area (Å²) < 4.78 is 6.61. The van der Waals surface area contributed by atoms with E-state index in [4.69, 9.17) is 16.2 Å². The van der Waals surface area contributed by atoms with Crippen LogP contribution in [0.5, 0.6) is 5.75 Å². The van der Waals surface area contributed by atoms with Crippen LogP contribution in [0.3, 0.4) is 0 Å². The minimum Gasteiger partial charge on any atom is -0.493 e. The fraction of sp³-hybridized carbons (Fsp3) is 0.176. The molecule has 1 aromatic carbocycles. The van der Waals surface area contributed by atoms with Crippen molar-refractivity contribution in [3.63, 3.8) is 0 Å². The molecule has 0 saturated carbocycles. The zero-order chi connectivity index (χ0) is 18.0. The van der Waals surface area contributed by atoms with Gasteiger partial charge >= 0.3 is 0 Å². The lowest BCUT2D eigenvalue weighted by Crippen LogP contribution is -2.22. The highest BCUT2D eigenvalue weighted by Gasteiger charge is 2.15. The maximum Gasteiger partial charge on any atom is 0.265 e. The van der Waals surface area contributed by atoms with Crippen LogP contribution in [0.1, 0.15) is 11.1 Å². The molecular weight excluding hydrogens is 322 g/mol. The van der Waals surface area contributed by atoms with E-state index >= 15 is 0 Å². The molecule has 0 bridgehead atoms. The van der Waals surface area contributed by atoms with E-state index in [0.29, 0.717) is 22.8 Å². The lowest BCUT2D eigenvalue weighted by atomic mass is 10.1. The Labute approximate surface area is 143 Å². The number of nitrogens with one attached hydrogen (secondary N) is 1. The van der Waals surface area contributed by atoms with Gasteiger partial charge in [0.15, 0.2) is 11.4 Å². The van der Waals surface area contributed by atoms with Gasteiger partial charge in [-0.15, -0.1) is 0 Å². The van der Waals surface area contributed by atoms with Crippen LogP contribution in [0.2, 0.25) is 0 Å². The summed E-state index contributed by atoms with van der Waals surface area (Å²) in [6, 6.07) is 8.64. The molecule has 2 heterocycles. The predicted octanol–water partition coefficient (Wildman–Crippen LogP) is 0.980. The Morgan fingerprint density at radius 3 is 2.84 bits per heavy atom. The quantitative estimate of drug-likeness (QED) is 0.509. The van der Waals surface area contributed by atoms with Crippen molar-refractivity contribution >= 4 is 22.8 Å². The Hall–Kier alpha value is -3.10. The van der Waals surface area contributed by atoms with Gasteiger partial charge in [0, 0.05) is 24.1 Å². The number of methoxy groups -OCH3 is 1. The van der Waals surface area contributed by atoms with Gasteiger partial charge in [0.2, 0.25) is 0 Å². The van der Waals surface area contributed by atoms with Gasteiger partial charge in [0.25, 0.3) is 5.56 Å². The van der Waals surface area contributed by atoms with Crippen LogP contribution in [0.4, 0.5) is 17.2 Å². The molecule has 0 aliphatic heterocycles. The van der Waals surface area contributed by atoms with Gasteiger partial charge in [-0.3, -0.25) is 9.20 Å². The summed E-state index contributed by atoms with van der Waals surface area (Å²) in [6.45, 7) is -0.164. The first-order valence-corrected chi connectivity index (χ1v) is 7.63. The SMILES string of the molecule is COc1cccn2c(=O)c(CO)c(Nc3ccc(N)c(CN)c3)nc12. The summed E-state index contributed by atoms with van der Waals surface area (Å²) >= 11 is 0. The van der Waals surface area contributed by atoms with Gasteiger partial charge in [-0.05, 0) is 35.9 Å². The van der Waals surface area contributed by atoms with Crippen molar-refractivity contribution in [2.24, 2.45) is 5.73 Å². The Bertz CT molecular complexity index is 984. The molecule has 3 rings (SSSR count). The number of nitrogens with two attached hydrogens (primary N) is 2. The minimum absolute atomic E-state index is 0.150. The molecule has 0 radical (unpaired) electrons. The first-order chi connectivity index (χ1) is 12.1. The maximum absolute atomic E-state index is 12.6. The largest absolute Gasteiger partial charge is 0.493 e. The lowest BCUT2D eigenvalue weighted by Gasteiger charge is -2.14. The number of rotatable bonds is 5. The Balaban J connectivity index is 2.16. The van der Waals surface area contributed by atoms with E-state index in [-0.39, 0.29) is 23.5 Å². The summed E-state index contributed by atoms with van der Waals surface area (Å²) in [5, 5.41) is 12.7. The van der Waals surface area contributed by atoms with Gasteiger partial charge in [0.1, 0.15) is 5.82 Å². The maximum atomic E-state index is 12.6. The third-order valence-corrected chi connectivity index (χ3v) is 3.92. The summed E-state index contributed by atoms with van der Waals surface area (Å²) in [5.41, 5.74) is 13.7. The van der Waals surface area contributed by atoms with Gasteiger partial charge < -0.3 is 26.6 Å². The molecule has 6 N–H and O–H groups in total. The number of fused-ring (bicyclic) bond motifs is 1. The van der Waals surface area contributed by atoms with Crippen molar-refractivity contribution in [3.05, 3.63) is 58.0 Å². The molecule has 0 atom stereocenters. The number of aliphatic hydroxyl groups excluding tert-OH is 1. The average molecular weight is 341 g/mol. The molecule has 0 spiro atoms. The summed E-state index contributed by atoms with van der Waals surface area (Å²) in [4.78, 5) is 17.1. The number of nitrogens with zero attached hydrogens (tertiary/aromatic N) is 2. The molecule has 0 amide bonds. The first kappa shape index (κ1) is 16.7. The second kappa shape index (κ2) is 6.80. The van der Waals surface area contributed by atoms with E-state index in [2.05, 4.69) is 10.3 Å². The first-order valence-electron chi connectivity index (χ1n) is 7.63. The van der Waals surface area contributed by atoms with Crippen molar-refractivity contribution in [1.29, 1.82) is 0 Å². The Morgan fingerprint density at radius 1 is 1.36 bits per heavy atom. The third-order valence-electron chi connectivity index (χ3n) is 3.92. The number of nitrogen functional groups attached to an aromatic ring is 1. The highest BCUT2D eigenvalue weighted by molar-refractivity contribution is 5.67. The van der Waals surface area contributed by atoms with Gasteiger partial charge in [-0.25, -0.2) is 4.98 Å². The molecule has 130 valence electrons. The number of aliphatic hydroxyl groups is 1. The minimum atomic E-state index is -0.451. The van der Waals surface area contributed by atoms with Crippen molar-refractivity contribution in [2.45, 2.75) is 13.2 Å². The predicted molar refractivity (Wildman–Crippen MR) is 96.0 cm³/mol. The number of pyridine rings is 1. The summed E-state index contributed by atoms with van der Waals surface area (Å²) in [7, 11) is 1.50. The van der Waals surface area contributed by atoms with Crippen molar-refractivity contribution in [3.8, 4) is 5.75 Å². The molecule has 8 heteroatoms. The van der Waals surface area contributed by atoms with Crippen molar-refractivity contribution in [1.82, 2.24) is 9.38 Å². The fourth-order valence-electron chi connectivity index (χ4n) is 2.58. The van der Waals surface area contributed by atoms with Crippen LogP contribution < -0.4 is 27.1 Å². The van der Waals surface area contributed by atoms with Gasteiger partial charge in [-0.2, -0.15) is 0 Å². The molecule has 3 aromatic rings. The highest BCUT2D eigenvalue weighted by atomic mass is 16.5. The Morgan fingerprint density at radius 2 is 2.16 bits per heavy atom. The van der Waals surface area contributed by atoms with E-state index in [1.807, 2.05) is 0 Å². The molecular formula is C17H19N5O3. The van der Waals surface area contributed by atoms with E-state index in [1.165, 1.54) is 11.5 Å². The topological polar surface area (TPSA) is 128 Å². The molecule has 0 aliphatic carbocycles. The summed E-state index contributed by atoms with van der Waals surface area (Å²) in [6.07, 6.45) is 1.58. The molecule has 0 fully saturated rings. The molecule has 25 heavy (non-hydrogen) atoms. The molecule has 2 aromatic heterocycles. The number of benzene rings is 1. The smallest absolute Gasteiger partial charge is 0.265 e. The zero-order valence-corrected chi connectivity index (χ0v) is 13.7. The van der Waals surface area contributed by atoms with Crippen molar-refractivity contribution in [2.75, 3.05) is 18.2 Å². The number of aromatic nitrogens is 2. The molecule has 8 nitrogen and oxygen atoms in total. The normalized spacial score (nSPS) is 10.8. The second-order valence-corrected chi connectivity index (χ2v) is 5.42. The van der Waals surface area contributed by atoms with Crippen LogP contribution >= 0.6 is 0 Å². The molecule has 0 aliphatic rings. The third kappa shape index (κ3) is 3.00. The van der Waals surface area contributed by atoms with Gasteiger partial charge in [-0.1, -0.05) is 0 Å². The standard InChI is InChI=1S/C17H19N5O3/c1-25-14-3-2-6-22-16(14)21-15(12(9-23)17(22)24)20-11-4-5-13(19)10(7-11)8-18/h2-7,20,23H,8-9,18-19H2,1H3.